The molecule has 0 aliphatic heterocycles. The molecular weight excluding hydrogens is 1850 g/mol. The predicted octanol–water partition coefficient (Wildman–Crippen LogP) is 16.4. The molecule has 7 aromatic carbocycles. The van der Waals surface area contributed by atoms with E-state index in [0.717, 1.165) is 33.9 Å². The number of H-pyrrole nitrogens is 4. The summed E-state index contributed by atoms with van der Waals surface area (Å²) in [5.74, 6) is 0. The number of nitrogens with zero attached hydrogens (tertiary/aromatic N) is 32. The molecule has 25 aromatic rings. The number of fused-ring (bicyclic) bond motifs is 12. The van der Waals surface area contributed by atoms with Crippen molar-refractivity contribution >= 4 is 146 Å². The van der Waals surface area contributed by atoms with Crippen molar-refractivity contribution in [2.75, 3.05) is 0 Å². The number of aryl methyl sites for hydroxylation is 11. The van der Waals surface area contributed by atoms with Crippen molar-refractivity contribution in [3.8, 4) is 56.5 Å². The maximum atomic E-state index is 13.2. The number of hydrogen-bond acceptors (Lipinski definition) is 18. The van der Waals surface area contributed by atoms with Crippen molar-refractivity contribution in [2.45, 2.75) is 48.5 Å². The first-order valence-electron chi connectivity index (χ1n) is 44.0. The summed E-state index contributed by atoms with van der Waals surface area (Å²) in [5.41, 5.74) is 16.9. The summed E-state index contributed by atoms with van der Waals surface area (Å²) in [6.45, 7) is 57.1. The smallest absolute Gasteiger partial charge is 0.284 e. The molecule has 0 aliphatic carbocycles. The predicted molar refractivity (Wildman–Crippen MR) is 543 cm³/mol. The summed E-state index contributed by atoms with van der Waals surface area (Å²) in [5, 5.41) is 50.0. The minimum absolute atomic E-state index is 0.190. The Kier molecular flexibility index (Phi) is 22.7. The van der Waals surface area contributed by atoms with Crippen LogP contribution in [0.1, 0.15) is 39.9 Å². The lowest BCUT2D eigenvalue weighted by atomic mass is 10.1. The molecule has 4 N–H and O–H groups in total. The zero-order chi connectivity index (χ0) is 101. The summed E-state index contributed by atoms with van der Waals surface area (Å²) < 4.78 is 21.2. The second-order valence-corrected chi connectivity index (χ2v) is 33.4. The van der Waals surface area contributed by atoms with Crippen LogP contribution in [0, 0.1) is 87.9 Å². The van der Waals surface area contributed by atoms with Gasteiger partial charge in [0.15, 0.2) is 45.2 Å². The lowest BCUT2D eigenvalue weighted by Crippen LogP contribution is -2.19. The van der Waals surface area contributed by atoms with Crippen molar-refractivity contribution in [1.29, 1.82) is 0 Å². The summed E-state index contributed by atoms with van der Waals surface area (Å²) in [6.07, 6.45) is 2.77. The fraction of sp³-hybridized carbons (Fsp3) is 0.109. The molecule has 0 radical (unpaired) electrons. The van der Waals surface area contributed by atoms with Gasteiger partial charge in [0, 0.05) is 61.6 Å². The molecule has 0 aliphatic rings. The SMILES string of the molecule is [C-]#[N+]c1c(-c2ccccc2)nn2c(=O)c3c(C)[nH]n(-c4ccccc4)c3nc12.[C-]#[N+]c1c(-c2ccccc2)nn2c(=O)c3c(C)nn(C)c3n(C)c12.[C-]#[N+]c1c(-c2ccccc2Cl)nn2c(=O)c3c(C)[nH]n(-c4ccccc4)c3nc12.[C-]#[N+]c1c(C)[nH]n2c(=O)c3c(C)nn(-c4ccccc4)c3nc12.[C-]#[N+]c1cnn2c(=O)c3c(C)[nH]n(-c4ccccc4)c3nc12.[C-]#[N+]c1cnn2c(=O)c3c(C)nn(C)c3n(C)c12. The first kappa shape index (κ1) is 90.9. The second-order valence-electron chi connectivity index (χ2n) is 33.0. The van der Waals surface area contributed by atoms with Gasteiger partial charge in [0.1, 0.15) is 72.0 Å². The Morgan fingerprint density at radius 2 is 0.660 bits per heavy atom. The van der Waals surface area contributed by atoms with Crippen LogP contribution in [0.5, 0.6) is 0 Å². The highest BCUT2D eigenvalue weighted by Crippen LogP contribution is 2.40. The van der Waals surface area contributed by atoms with E-state index >= 15 is 0 Å². The summed E-state index contributed by atoms with van der Waals surface area (Å²) >= 11 is 6.31. The van der Waals surface area contributed by atoms with Gasteiger partial charge in [-0.05, 0) is 114 Å². The van der Waals surface area contributed by atoms with Gasteiger partial charge < -0.3 is 14.2 Å². The molecule has 0 unspecified atom stereocenters. The molecule has 0 spiro atoms. The van der Waals surface area contributed by atoms with Crippen LogP contribution in [0.15, 0.2) is 247 Å². The Labute approximate surface area is 814 Å². The quantitative estimate of drug-likeness (QED) is 0.108. The van der Waals surface area contributed by atoms with Gasteiger partial charge in [0.2, 0.25) is 11.4 Å². The zero-order valence-corrected chi connectivity index (χ0v) is 78.7. The highest BCUT2D eigenvalue weighted by atomic mass is 35.5. The van der Waals surface area contributed by atoms with Gasteiger partial charge >= 0.3 is 0 Å². The molecule has 0 bridgehead atoms. The topological polar surface area (TPSA) is 412 Å². The Morgan fingerprint density at radius 3 is 1.12 bits per heavy atom. The normalized spacial score (nSPS) is 11.2. The van der Waals surface area contributed by atoms with Crippen molar-refractivity contribution in [2.24, 2.45) is 28.2 Å². The molecule has 0 fully saturated rings. The largest absolute Gasteiger partial charge is 0.322 e. The van der Waals surface area contributed by atoms with E-state index in [1.165, 1.54) is 39.5 Å². The fourth-order valence-electron chi connectivity index (χ4n) is 17.8. The maximum absolute atomic E-state index is 13.2. The molecular formula is C101H73ClN36O6. The molecule has 0 atom stereocenters. The molecule has 18 aromatic heterocycles. The van der Waals surface area contributed by atoms with E-state index in [2.05, 4.69) is 110 Å². The minimum atomic E-state index is -0.336. The van der Waals surface area contributed by atoms with Gasteiger partial charge in [0.05, 0.1) is 91.7 Å². The van der Waals surface area contributed by atoms with Crippen LogP contribution in [0.3, 0.4) is 0 Å². The van der Waals surface area contributed by atoms with Crippen LogP contribution in [-0.2, 0) is 28.2 Å². The maximum Gasteiger partial charge on any atom is 0.284 e. The molecule has 43 heteroatoms. The van der Waals surface area contributed by atoms with Gasteiger partial charge in [-0.1, -0.05) is 163 Å². The molecule has 0 saturated heterocycles. The van der Waals surface area contributed by atoms with Crippen LogP contribution in [-0.4, -0.2) is 145 Å². The van der Waals surface area contributed by atoms with E-state index in [1.54, 1.807) is 99.7 Å². The Bertz CT molecular complexity index is 10300. The third kappa shape index (κ3) is 14.8. The van der Waals surface area contributed by atoms with E-state index in [0.29, 0.717) is 168 Å². The lowest BCUT2D eigenvalue weighted by Gasteiger charge is -2.06. The number of hydrogen-bond donors (Lipinski definition) is 4. The Hall–Kier alpha value is -20.9. The summed E-state index contributed by atoms with van der Waals surface area (Å²) in [6, 6.07) is 64.1. The average molecular weight is 1920 g/mol. The number of aromatic amines is 4. The molecule has 25 rings (SSSR count). The molecule has 42 nitrogen and oxygen atoms in total. The van der Waals surface area contributed by atoms with E-state index in [1.807, 2.05) is 220 Å². The van der Waals surface area contributed by atoms with Crippen LogP contribution >= 0.6 is 11.6 Å². The lowest BCUT2D eigenvalue weighted by molar-refractivity contribution is 0.745. The monoisotopic (exact) mass is 1920 g/mol. The number of benzene rings is 7. The van der Waals surface area contributed by atoms with Crippen molar-refractivity contribution in [3.63, 3.8) is 0 Å². The highest BCUT2D eigenvalue weighted by Gasteiger charge is 2.30. The van der Waals surface area contributed by atoms with Gasteiger partial charge in [-0.15, -0.1) is 0 Å². The standard InChI is InChI=1S/C21H13ClN6O.C21H14N6O.C17H14N6O.C16H12N6O.C15H10N6O.C11H10N6O/c1-12-16-19(27(25-12)13-8-4-3-5-9-13)24-20-18(23-2)17(26-28(20)21(16)29)14-10-6-7-11-15(14)22;1-13-16-19(26(24-13)15-11-7-4-8-12-15)23-20-18(22-2)17(25-27(20)21(16)28)14-9-5-3-6-10-14;1-10-12-15(22(4)19-10)21(3)16-14(18-2)13(20-23(16)17(12)24)11-8-6-5-7-9-11;1-9-12-14(21(19-9)11-7-5-4-6-8-11)18-15-13(17-3)10(2)20-22(15)16(12)23;1-9-12-14(20(19-9)10-6-4-3-5-7-10)18-13-11(16-2)8-17-21(13)15(12)22;1-6-8-10(16(4)14-6)15(3)9-7(12-2)5-13-17(9)11(8)18/h3-11,25H,1H3;3-12,24H,1H3;5-9H,1,3-4H3;4-8,20H,1-2H3;3-8,19H,1H3;5H,1,3-4H3. The first-order chi connectivity index (χ1) is 69.7. The number of para-hydroxylation sites is 4. The van der Waals surface area contributed by atoms with E-state index < -0.39 is 0 Å². The van der Waals surface area contributed by atoms with Crippen molar-refractivity contribution in [3.05, 3.63) is 394 Å². The molecule has 700 valence electrons. The zero-order valence-electron chi connectivity index (χ0n) is 77.9. The summed E-state index contributed by atoms with van der Waals surface area (Å²) in [7, 11) is 7.19. The molecule has 144 heavy (non-hydrogen) atoms. The van der Waals surface area contributed by atoms with E-state index in [-0.39, 0.29) is 67.4 Å². The Balaban J connectivity index is 0.000000106. The summed E-state index contributed by atoms with van der Waals surface area (Å²) in [4.78, 5) is 117. The van der Waals surface area contributed by atoms with Crippen LogP contribution in [0.25, 0.3) is 186 Å². The highest BCUT2D eigenvalue weighted by molar-refractivity contribution is 6.33. The molecule has 0 saturated carbocycles. The number of halogens is 1. The van der Waals surface area contributed by atoms with E-state index in [4.69, 9.17) is 51.0 Å². The van der Waals surface area contributed by atoms with Gasteiger partial charge in [-0.2, -0.15) is 63.4 Å². The van der Waals surface area contributed by atoms with Crippen LogP contribution in [0.2, 0.25) is 5.02 Å². The number of aromatic nitrogens is 30. The molecule has 0 amide bonds. The van der Waals surface area contributed by atoms with Crippen molar-refractivity contribution in [1.82, 2.24) is 145 Å². The third-order valence-electron chi connectivity index (χ3n) is 24.2. The van der Waals surface area contributed by atoms with Crippen LogP contribution in [0.4, 0.5) is 34.1 Å². The third-order valence-corrected chi connectivity index (χ3v) is 24.6. The number of rotatable bonds is 7. The van der Waals surface area contributed by atoms with Gasteiger partial charge in [-0.25, -0.2) is 72.2 Å². The van der Waals surface area contributed by atoms with E-state index in [9.17, 15) is 28.8 Å². The second kappa shape index (κ2) is 36.0. The first-order valence-corrected chi connectivity index (χ1v) is 44.3. The fourth-order valence-corrected chi connectivity index (χ4v) is 18.0. The Morgan fingerprint density at radius 1 is 0.292 bits per heavy atom. The van der Waals surface area contributed by atoms with Crippen molar-refractivity contribution < 1.29 is 0 Å². The van der Waals surface area contributed by atoms with Gasteiger partial charge in [-0.3, -0.25) is 53.4 Å². The minimum Gasteiger partial charge on any atom is -0.322 e. The number of nitrogens with one attached hydrogen (secondary N) is 4. The van der Waals surface area contributed by atoms with Crippen LogP contribution < -0.4 is 33.4 Å². The molecule has 18 heterocycles. The average Bonchev–Trinajstić information content (AvgIpc) is 1.58. The van der Waals surface area contributed by atoms with Gasteiger partial charge in [0.25, 0.3) is 56.1 Å².